The fourth-order valence-electron chi connectivity index (χ4n) is 2.16. The molecule has 0 saturated heterocycles. The number of benzene rings is 1. The van der Waals surface area contributed by atoms with Gasteiger partial charge in [0.2, 0.25) is 0 Å². The molecule has 3 N–H and O–H groups in total. The molecule has 1 saturated carbocycles. The van der Waals surface area contributed by atoms with Crippen LogP contribution in [0.2, 0.25) is 0 Å². The number of aliphatic carboxylic acids is 1. The fourth-order valence-corrected chi connectivity index (χ4v) is 2.16. The lowest BCUT2D eigenvalue weighted by molar-refractivity contribution is -0.148. The largest absolute Gasteiger partial charge is 0.481 e. The molecule has 16 heavy (non-hydrogen) atoms. The van der Waals surface area contributed by atoms with Crippen LogP contribution in [0, 0.1) is 11.6 Å². The summed E-state index contributed by atoms with van der Waals surface area (Å²) in [5.74, 6) is -3.05. The number of hydrogen-bond donors (Lipinski definition) is 2. The first-order chi connectivity index (χ1) is 7.45. The number of carboxylic acid groups (broad SMARTS) is 1. The first-order valence-corrected chi connectivity index (χ1v) is 4.90. The van der Waals surface area contributed by atoms with E-state index in [0.717, 1.165) is 12.1 Å². The average molecular weight is 227 g/mol. The second-order valence-electron chi connectivity index (χ2n) is 4.18. The minimum atomic E-state index is -1.14. The molecule has 1 aromatic rings. The molecule has 2 rings (SSSR count). The first kappa shape index (κ1) is 11.0. The van der Waals surface area contributed by atoms with Crippen LogP contribution < -0.4 is 5.73 Å². The number of carboxylic acids is 1. The third-order valence-corrected chi connectivity index (χ3v) is 3.10. The Morgan fingerprint density at radius 3 is 2.44 bits per heavy atom. The number of nitrogens with two attached hydrogens (primary N) is 1. The standard InChI is InChI=1S/C11H11F2NO2/c12-8-2-1-6(3-9(8)13)11(10(15)16)4-7(14)5-11/h1-3,7H,4-5,14H2,(H,15,16). The van der Waals surface area contributed by atoms with Gasteiger partial charge in [0.25, 0.3) is 0 Å². The minimum absolute atomic E-state index is 0.191. The summed E-state index contributed by atoms with van der Waals surface area (Å²) in [6.07, 6.45) is 0.515. The van der Waals surface area contributed by atoms with E-state index in [4.69, 9.17) is 10.8 Å². The second kappa shape index (κ2) is 3.52. The lowest BCUT2D eigenvalue weighted by Crippen LogP contribution is -2.54. The minimum Gasteiger partial charge on any atom is -0.481 e. The molecule has 0 amide bonds. The summed E-state index contributed by atoms with van der Waals surface area (Å²) in [5.41, 5.74) is 4.70. The molecule has 0 heterocycles. The van der Waals surface area contributed by atoms with Crippen molar-refractivity contribution in [3.05, 3.63) is 35.4 Å². The fraction of sp³-hybridized carbons (Fsp3) is 0.364. The Morgan fingerprint density at radius 2 is 2.00 bits per heavy atom. The molecule has 0 radical (unpaired) electrons. The molecule has 3 nitrogen and oxygen atoms in total. The van der Waals surface area contributed by atoms with Crippen molar-refractivity contribution in [1.29, 1.82) is 0 Å². The van der Waals surface area contributed by atoms with E-state index in [0.29, 0.717) is 0 Å². The van der Waals surface area contributed by atoms with Gasteiger partial charge in [0.15, 0.2) is 11.6 Å². The van der Waals surface area contributed by atoms with Crippen molar-refractivity contribution < 1.29 is 18.7 Å². The van der Waals surface area contributed by atoms with Crippen molar-refractivity contribution in [3.8, 4) is 0 Å². The normalized spacial score (nSPS) is 28.6. The van der Waals surface area contributed by atoms with E-state index in [1.165, 1.54) is 6.07 Å². The Hall–Kier alpha value is -1.49. The van der Waals surface area contributed by atoms with Gasteiger partial charge in [0.1, 0.15) is 0 Å². The highest BCUT2D eigenvalue weighted by atomic mass is 19.2. The molecular weight excluding hydrogens is 216 g/mol. The zero-order valence-electron chi connectivity index (χ0n) is 8.41. The van der Waals surface area contributed by atoms with Crippen molar-refractivity contribution in [2.75, 3.05) is 0 Å². The number of rotatable bonds is 2. The summed E-state index contributed by atoms with van der Waals surface area (Å²) in [4.78, 5) is 11.2. The van der Waals surface area contributed by atoms with Crippen LogP contribution in [0.15, 0.2) is 18.2 Å². The Bertz CT molecular complexity index is 442. The zero-order chi connectivity index (χ0) is 11.9. The van der Waals surface area contributed by atoms with Crippen LogP contribution in [-0.4, -0.2) is 17.1 Å². The lowest BCUT2D eigenvalue weighted by atomic mass is 9.62. The third kappa shape index (κ3) is 1.48. The monoisotopic (exact) mass is 227 g/mol. The van der Waals surface area contributed by atoms with Crippen molar-refractivity contribution in [2.24, 2.45) is 5.73 Å². The molecule has 0 aliphatic heterocycles. The van der Waals surface area contributed by atoms with Crippen LogP contribution in [0.1, 0.15) is 18.4 Å². The van der Waals surface area contributed by atoms with Crippen LogP contribution in [0.25, 0.3) is 0 Å². The number of hydrogen-bond acceptors (Lipinski definition) is 2. The highest BCUT2D eigenvalue weighted by Gasteiger charge is 2.50. The summed E-state index contributed by atoms with van der Waals surface area (Å²) < 4.78 is 25.8. The van der Waals surface area contributed by atoms with Gasteiger partial charge in [-0.25, -0.2) is 8.78 Å². The molecule has 0 bridgehead atoms. The Morgan fingerprint density at radius 1 is 1.38 bits per heavy atom. The summed E-state index contributed by atoms with van der Waals surface area (Å²) >= 11 is 0. The van der Waals surface area contributed by atoms with Gasteiger partial charge in [-0.05, 0) is 30.5 Å². The molecule has 0 spiro atoms. The van der Waals surface area contributed by atoms with Gasteiger partial charge in [-0.2, -0.15) is 0 Å². The summed E-state index contributed by atoms with van der Waals surface area (Å²) in [7, 11) is 0. The molecule has 0 aromatic heterocycles. The first-order valence-electron chi connectivity index (χ1n) is 4.90. The van der Waals surface area contributed by atoms with Crippen LogP contribution >= 0.6 is 0 Å². The smallest absolute Gasteiger partial charge is 0.314 e. The number of carbonyl (C=O) groups is 1. The zero-order valence-corrected chi connectivity index (χ0v) is 8.41. The van der Waals surface area contributed by atoms with Crippen molar-refractivity contribution in [1.82, 2.24) is 0 Å². The van der Waals surface area contributed by atoms with Crippen LogP contribution in [0.4, 0.5) is 8.78 Å². The third-order valence-electron chi connectivity index (χ3n) is 3.10. The van der Waals surface area contributed by atoms with Crippen molar-refractivity contribution >= 4 is 5.97 Å². The van der Waals surface area contributed by atoms with Crippen LogP contribution in [-0.2, 0) is 10.2 Å². The van der Waals surface area contributed by atoms with E-state index in [1.807, 2.05) is 0 Å². The SMILES string of the molecule is NC1CC(C(=O)O)(c2ccc(F)c(F)c2)C1. The van der Waals surface area contributed by atoms with Gasteiger partial charge in [-0.3, -0.25) is 4.79 Å². The molecular formula is C11H11F2NO2. The van der Waals surface area contributed by atoms with E-state index in [1.54, 1.807) is 0 Å². The predicted octanol–water partition coefficient (Wildman–Crippen LogP) is 1.41. The maximum absolute atomic E-state index is 13.0. The topological polar surface area (TPSA) is 63.3 Å². The quantitative estimate of drug-likeness (QED) is 0.802. The van der Waals surface area contributed by atoms with E-state index in [-0.39, 0.29) is 24.4 Å². The van der Waals surface area contributed by atoms with Crippen molar-refractivity contribution in [2.45, 2.75) is 24.3 Å². The van der Waals surface area contributed by atoms with Gasteiger partial charge in [-0.1, -0.05) is 6.07 Å². The van der Waals surface area contributed by atoms with Gasteiger partial charge in [0, 0.05) is 6.04 Å². The molecule has 1 aliphatic rings. The molecule has 5 heteroatoms. The van der Waals surface area contributed by atoms with Gasteiger partial charge in [0.05, 0.1) is 5.41 Å². The van der Waals surface area contributed by atoms with E-state index < -0.39 is 23.0 Å². The lowest BCUT2D eigenvalue weighted by Gasteiger charge is -2.42. The number of halogens is 2. The van der Waals surface area contributed by atoms with Gasteiger partial charge in [-0.15, -0.1) is 0 Å². The van der Waals surface area contributed by atoms with E-state index in [2.05, 4.69) is 0 Å². The Kier molecular flexibility index (Phi) is 2.42. The van der Waals surface area contributed by atoms with E-state index in [9.17, 15) is 13.6 Å². The molecule has 0 atom stereocenters. The highest BCUT2D eigenvalue weighted by molar-refractivity contribution is 5.83. The maximum atomic E-state index is 13.0. The summed E-state index contributed by atoms with van der Waals surface area (Å²) in [6, 6.07) is 3.00. The van der Waals surface area contributed by atoms with Gasteiger partial charge >= 0.3 is 5.97 Å². The van der Waals surface area contributed by atoms with E-state index >= 15 is 0 Å². The van der Waals surface area contributed by atoms with Crippen molar-refractivity contribution in [3.63, 3.8) is 0 Å². The van der Waals surface area contributed by atoms with Crippen LogP contribution in [0.5, 0.6) is 0 Å². The molecule has 86 valence electrons. The average Bonchev–Trinajstić information content (AvgIpc) is 2.17. The Balaban J connectivity index is 2.41. The molecule has 0 unspecified atom stereocenters. The summed E-state index contributed by atoms with van der Waals surface area (Å²) in [6.45, 7) is 0. The predicted molar refractivity (Wildman–Crippen MR) is 52.9 cm³/mol. The van der Waals surface area contributed by atoms with Gasteiger partial charge < -0.3 is 10.8 Å². The van der Waals surface area contributed by atoms with Crippen LogP contribution in [0.3, 0.4) is 0 Å². The molecule has 1 aromatic carbocycles. The maximum Gasteiger partial charge on any atom is 0.314 e. The summed E-state index contributed by atoms with van der Waals surface area (Å²) in [5, 5.41) is 9.14. The molecule has 1 aliphatic carbocycles. The highest BCUT2D eigenvalue weighted by Crippen LogP contribution is 2.43. The molecule has 1 fully saturated rings. The second-order valence-corrected chi connectivity index (χ2v) is 4.18. The Labute approximate surface area is 90.9 Å².